The number of hydrogen-bond acceptors (Lipinski definition) is 5. The van der Waals surface area contributed by atoms with E-state index in [0.29, 0.717) is 11.3 Å². The summed E-state index contributed by atoms with van der Waals surface area (Å²) < 4.78 is 24.1. The van der Waals surface area contributed by atoms with Gasteiger partial charge in [0.25, 0.3) is 0 Å². The minimum atomic E-state index is -3.65. The van der Waals surface area contributed by atoms with Crippen LogP contribution in [0.25, 0.3) is 0 Å². The molecule has 0 atom stereocenters. The molecule has 120 valence electrons. The maximum absolute atomic E-state index is 12.1. The molecule has 23 heavy (non-hydrogen) atoms. The predicted molar refractivity (Wildman–Crippen MR) is 89.3 cm³/mol. The van der Waals surface area contributed by atoms with Crippen molar-refractivity contribution in [2.75, 3.05) is 5.75 Å². The van der Waals surface area contributed by atoms with Gasteiger partial charge in [0.05, 0.1) is 10.6 Å². The zero-order valence-corrected chi connectivity index (χ0v) is 13.7. The average Bonchev–Trinajstić information content (AvgIpc) is 2.47. The van der Waals surface area contributed by atoms with Gasteiger partial charge in [-0.1, -0.05) is 17.7 Å². The highest BCUT2D eigenvalue weighted by Gasteiger charge is 2.17. The number of phenolic OH excluding ortho intramolecular Hbond substituents is 1. The van der Waals surface area contributed by atoms with E-state index in [4.69, 9.17) is 0 Å². The number of aliphatic imine (C=N–C) groups is 1. The monoisotopic (exact) mass is 331 g/mol. The second kappa shape index (κ2) is 6.75. The number of rotatable bonds is 5. The number of phenols is 1. The third kappa shape index (κ3) is 4.50. The van der Waals surface area contributed by atoms with E-state index in [0.717, 1.165) is 5.56 Å². The van der Waals surface area contributed by atoms with E-state index in [1.54, 1.807) is 30.3 Å². The summed E-state index contributed by atoms with van der Waals surface area (Å²) in [5.41, 5.74) is 1.94. The third-order valence-corrected chi connectivity index (χ3v) is 4.86. The third-order valence-electron chi connectivity index (χ3n) is 3.11. The zero-order valence-electron chi connectivity index (χ0n) is 12.9. The molecule has 2 aromatic rings. The lowest BCUT2D eigenvalue weighted by molar-refractivity contribution is -0.114. The SMILES string of the molecule is CC(=O)CS(=O)(=O)c1cccc(N=Cc2cc(C)ccc2O)c1. The summed E-state index contributed by atoms with van der Waals surface area (Å²) in [6, 6.07) is 11.2. The van der Waals surface area contributed by atoms with Crippen molar-refractivity contribution in [3.8, 4) is 5.75 Å². The molecular formula is C17H17NO4S. The molecule has 0 radical (unpaired) electrons. The highest BCUT2D eigenvalue weighted by atomic mass is 32.2. The first-order valence-electron chi connectivity index (χ1n) is 6.94. The maximum atomic E-state index is 12.1. The Morgan fingerprint density at radius 1 is 1.22 bits per heavy atom. The van der Waals surface area contributed by atoms with Gasteiger partial charge in [-0.15, -0.1) is 0 Å². The highest BCUT2D eigenvalue weighted by molar-refractivity contribution is 7.92. The van der Waals surface area contributed by atoms with Gasteiger partial charge < -0.3 is 5.11 Å². The van der Waals surface area contributed by atoms with Gasteiger partial charge in [0.15, 0.2) is 9.84 Å². The molecular weight excluding hydrogens is 314 g/mol. The van der Waals surface area contributed by atoms with Crippen molar-refractivity contribution in [2.24, 2.45) is 4.99 Å². The average molecular weight is 331 g/mol. The van der Waals surface area contributed by atoms with Crippen LogP contribution in [0, 0.1) is 6.92 Å². The van der Waals surface area contributed by atoms with Crippen molar-refractivity contribution in [1.82, 2.24) is 0 Å². The smallest absolute Gasteiger partial charge is 0.185 e. The Morgan fingerprint density at radius 3 is 2.65 bits per heavy atom. The number of benzene rings is 2. The summed E-state index contributed by atoms with van der Waals surface area (Å²) in [4.78, 5) is 15.3. The molecule has 0 unspecified atom stereocenters. The fourth-order valence-electron chi connectivity index (χ4n) is 2.03. The van der Waals surface area contributed by atoms with Crippen molar-refractivity contribution >= 4 is 27.5 Å². The number of aryl methyl sites for hydroxylation is 1. The molecule has 0 aliphatic rings. The molecule has 0 spiro atoms. The van der Waals surface area contributed by atoms with Crippen LogP contribution in [0.4, 0.5) is 5.69 Å². The Bertz CT molecular complexity index is 870. The first-order chi connectivity index (χ1) is 10.8. The van der Waals surface area contributed by atoms with E-state index in [1.165, 1.54) is 25.3 Å². The number of carbonyl (C=O) groups excluding carboxylic acids is 1. The molecule has 0 amide bonds. The summed E-state index contributed by atoms with van der Waals surface area (Å²) in [6.07, 6.45) is 1.47. The Hall–Kier alpha value is -2.47. The van der Waals surface area contributed by atoms with Gasteiger partial charge in [0, 0.05) is 11.8 Å². The van der Waals surface area contributed by atoms with E-state index in [2.05, 4.69) is 4.99 Å². The minimum absolute atomic E-state index is 0.0517. The van der Waals surface area contributed by atoms with Crippen molar-refractivity contribution < 1.29 is 18.3 Å². The number of carbonyl (C=O) groups is 1. The number of sulfone groups is 1. The Labute approximate surface area is 135 Å². The summed E-state index contributed by atoms with van der Waals surface area (Å²) in [6.45, 7) is 3.13. The first-order valence-corrected chi connectivity index (χ1v) is 8.59. The molecule has 0 aliphatic heterocycles. The zero-order chi connectivity index (χ0) is 17.0. The van der Waals surface area contributed by atoms with Crippen molar-refractivity contribution in [1.29, 1.82) is 0 Å². The van der Waals surface area contributed by atoms with Crippen LogP contribution in [0.15, 0.2) is 52.4 Å². The summed E-state index contributed by atoms with van der Waals surface area (Å²) in [7, 11) is -3.65. The lowest BCUT2D eigenvalue weighted by Gasteiger charge is -2.03. The lowest BCUT2D eigenvalue weighted by atomic mass is 10.1. The molecule has 0 saturated carbocycles. The van der Waals surface area contributed by atoms with Crippen LogP contribution in [0.5, 0.6) is 5.75 Å². The summed E-state index contributed by atoms with van der Waals surface area (Å²) in [5.74, 6) is -0.845. The van der Waals surface area contributed by atoms with E-state index in [-0.39, 0.29) is 10.6 Å². The summed E-state index contributed by atoms with van der Waals surface area (Å²) >= 11 is 0. The van der Waals surface area contributed by atoms with Crippen molar-refractivity contribution in [2.45, 2.75) is 18.7 Å². The molecule has 0 bridgehead atoms. The fourth-order valence-corrected chi connectivity index (χ4v) is 3.32. The Morgan fingerprint density at radius 2 is 1.96 bits per heavy atom. The van der Waals surface area contributed by atoms with E-state index >= 15 is 0 Å². The quantitative estimate of drug-likeness (QED) is 0.854. The first kappa shape index (κ1) is 16.9. The second-order valence-corrected chi connectivity index (χ2v) is 7.27. The van der Waals surface area contributed by atoms with Gasteiger partial charge in [-0.2, -0.15) is 0 Å². The van der Waals surface area contributed by atoms with Crippen LogP contribution >= 0.6 is 0 Å². The van der Waals surface area contributed by atoms with Crippen molar-refractivity contribution in [3.63, 3.8) is 0 Å². The van der Waals surface area contributed by atoms with E-state index in [1.807, 2.05) is 6.92 Å². The van der Waals surface area contributed by atoms with Crippen LogP contribution in [0.2, 0.25) is 0 Å². The van der Waals surface area contributed by atoms with Crippen LogP contribution < -0.4 is 0 Å². The fraction of sp³-hybridized carbons (Fsp3) is 0.176. The van der Waals surface area contributed by atoms with Crippen LogP contribution in [-0.2, 0) is 14.6 Å². The van der Waals surface area contributed by atoms with Gasteiger partial charge in [-0.25, -0.2) is 8.42 Å². The van der Waals surface area contributed by atoms with Crippen LogP contribution in [-0.4, -0.2) is 31.3 Å². The minimum Gasteiger partial charge on any atom is -0.507 e. The number of hydrogen-bond donors (Lipinski definition) is 1. The topological polar surface area (TPSA) is 83.8 Å². The highest BCUT2D eigenvalue weighted by Crippen LogP contribution is 2.21. The Kier molecular flexibility index (Phi) is 4.95. The molecule has 5 nitrogen and oxygen atoms in total. The van der Waals surface area contributed by atoms with Gasteiger partial charge in [-0.3, -0.25) is 9.79 Å². The molecule has 0 fully saturated rings. The molecule has 1 N–H and O–H groups in total. The van der Waals surface area contributed by atoms with Gasteiger partial charge >= 0.3 is 0 Å². The lowest BCUT2D eigenvalue weighted by Crippen LogP contribution is -2.13. The van der Waals surface area contributed by atoms with Crippen LogP contribution in [0.1, 0.15) is 18.1 Å². The van der Waals surface area contributed by atoms with Gasteiger partial charge in [0.1, 0.15) is 17.3 Å². The molecule has 2 aromatic carbocycles. The number of Topliss-reactive ketones (excluding diaryl/α,β-unsaturated/α-hetero) is 1. The Balaban J connectivity index is 2.32. The number of nitrogens with zero attached hydrogens (tertiary/aromatic N) is 1. The number of ketones is 1. The summed E-state index contributed by atoms with van der Waals surface area (Å²) in [5, 5.41) is 9.77. The largest absolute Gasteiger partial charge is 0.507 e. The normalized spacial score (nSPS) is 11.7. The van der Waals surface area contributed by atoms with E-state index < -0.39 is 21.4 Å². The number of aromatic hydroxyl groups is 1. The molecule has 6 heteroatoms. The van der Waals surface area contributed by atoms with Gasteiger partial charge in [-0.05, 0) is 44.2 Å². The molecule has 0 aromatic heterocycles. The molecule has 0 heterocycles. The standard InChI is InChI=1S/C17H17NO4S/c1-12-6-7-17(20)14(8-12)10-18-15-4-3-5-16(9-15)23(21,22)11-13(2)19/h3-10,20H,11H2,1-2H3. The van der Waals surface area contributed by atoms with E-state index in [9.17, 15) is 18.3 Å². The second-order valence-electron chi connectivity index (χ2n) is 5.28. The van der Waals surface area contributed by atoms with Crippen LogP contribution in [0.3, 0.4) is 0 Å². The predicted octanol–water partition coefficient (Wildman–Crippen LogP) is 2.81. The maximum Gasteiger partial charge on any atom is 0.185 e. The molecule has 2 rings (SSSR count). The van der Waals surface area contributed by atoms with Crippen molar-refractivity contribution in [3.05, 3.63) is 53.6 Å². The molecule has 0 aliphatic carbocycles. The van der Waals surface area contributed by atoms with Gasteiger partial charge in [0.2, 0.25) is 0 Å². The molecule has 0 saturated heterocycles.